The van der Waals surface area contributed by atoms with Gasteiger partial charge in [0.1, 0.15) is 29.4 Å². The smallest absolute Gasteiger partial charge is 0.408 e. The fraction of sp³-hybridized carbons (Fsp3) is 0.793. The van der Waals surface area contributed by atoms with Gasteiger partial charge in [0.05, 0.1) is 0 Å². The number of alkyl carbamates (subject to hydrolysis) is 1. The summed E-state index contributed by atoms with van der Waals surface area (Å²) in [5.74, 6) is -2.23. The normalized spacial score (nSPS) is 36.9. The van der Waals surface area contributed by atoms with E-state index in [4.69, 9.17) is 4.74 Å². The van der Waals surface area contributed by atoms with Crippen LogP contribution >= 0.6 is 0 Å². The van der Waals surface area contributed by atoms with Gasteiger partial charge in [0.2, 0.25) is 11.8 Å². The van der Waals surface area contributed by atoms with Crippen LogP contribution in [-0.2, 0) is 19.1 Å². The zero-order valence-corrected chi connectivity index (χ0v) is 25.5. The Bertz CT molecular complexity index is 1090. The van der Waals surface area contributed by atoms with Gasteiger partial charge < -0.3 is 30.7 Å². The topological polar surface area (TPSA) is 176 Å². The molecule has 3 amide bonds. The maximum absolute atomic E-state index is 14.2. The summed E-state index contributed by atoms with van der Waals surface area (Å²) < 4.78 is 5.47. The molecule has 0 bridgehead atoms. The molecule has 43 heavy (non-hydrogen) atoms. The Morgan fingerprint density at radius 2 is 1.91 bits per heavy atom. The summed E-state index contributed by atoms with van der Waals surface area (Å²) in [6.07, 6.45) is 10.5. The highest BCUT2D eigenvalue weighted by atomic mass is 16.6. The molecule has 14 nitrogen and oxygen atoms in total. The van der Waals surface area contributed by atoms with Gasteiger partial charge in [-0.25, -0.2) is 20.0 Å². The Labute approximate surface area is 253 Å². The van der Waals surface area contributed by atoms with Crippen molar-refractivity contribution in [2.45, 2.75) is 126 Å². The minimum atomic E-state index is -1.38. The van der Waals surface area contributed by atoms with E-state index in [1.807, 2.05) is 17.2 Å². The maximum Gasteiger partial charge on any atom is 0.408 e. The number of rotatable bonds is 4. The van der Waals surface area contributed by atoms with E-state index < -0.39 is 41.2 Å². The van der Waals surface area contributed by atoms with Crippen molar-refractivity contribution in [3.63, 3.8) is 0 Å². The van der Waals surface area contributed by atoms with Gasteiger partial charge in [-0.1, -0.05) is 31.4 Å². The minimum Gasteiger partial charge on any atom is -0.479 e. The molecule has 0 aromatic heterocycles. The standard InChI is InChI=1S/C29H48N8O6/c1-28(2,3)43-27(42)31-21-13-8-6-4-5-7-11-18-16-29(18,26(40)41)32-24(38)22-15-19(17-36(22)25(21)39)37-23(33-34-35-37)20-12-9-10-14-30-20/h7,11,18-23,30,33-35H,4-6,8-10,12-17H2,1-3H3,(H,31,42)(H,32,38)(H,40,41)/b11-7-/t18-,19+,20?,21-,22+,23?,29+/m1/s1. The molecule has 5 rings (SSSR count). The van der Waals surface area contributed by atoms with Crippen molar-refractivity contribution in [1.82, 2.24) is 42.4 Å². The second-order valence-electron chi connectivity index (χ2n) is 13.5. The van der Waals surface area contributed by atoms with E-state index in [1.54, 1.807) is 20.8 Å². The van der Waals surface area contributed by atoms with E-state index in [0.29, 0.717) is 25.7 Å². The molecule has 2 unspecified atom stereocenters. The summed E-state index contributed by atoms with van der Waals surface area (Å²) in [6, 6.07) is -1.89. The van der Waals surface area contributed by atoms with Gasteiger partial charge in [0.15, 0.2) is 0 Å². The molecular weight excluding hydrogens is 556 g/mol. The van der Waals surface area contributed by atoms with Gasteiger partial charge in [-0.05, 0) is 72.3 Å². The number of hydrogen-bond donors (Lipinski definition) is 7. The Morgan fingerprint density at radius 1 is 1.12 bits per heavy atom. The highest BCUT2D eigenvalue weighted by molar-refractivity contribution is 5.96. The highest BCUT2D eigenvalue weighted by Crippen LogP contribution is 2.45. The van der Waals surface area contributed by atoms with Crippen LogP contribution in [0.5, 0.6) is 0 Å². The molecular formula is C29H48N8O6. The van der Waals surface area contributed by atoms with Gasteiger partial charge in [-0.3, -0.25) is 9.59 Å². The zero-order valence-electron chi connectivity index (χ0n) is 25.5. The van der Waals surface area contributed by atoms with Gasteiger partial charge >= 0.3 is 12.1 Å². The predicted molar refractivity (Wildman–Crippen MR) is 157 cm³/mol. The van der Waals surface area contributed by atoms with Crippen LogP contribution in [0, 0.1) is 5.92 Å². The number of hydrazine groups is 3. The van der Waals surface area contributed by atoms with Gasteiger partial charge in [0.25, 0.3) is 0 Å². The first-order valence-electron chi connectivity index (χ1n) is 15.8. The Balaban J connectivity index is 1.41. The number of carbonyl (C=O) groups is 4. The van der Waals surface area contributed by atoms with Crippen molar-refractivity contribution in [2.75, 3.05) is 13.1 Å². The van der Waals surface area contributed by atoms with Gasteiger partial charge in [-0.2, -0.15) is 11.1 Å². The molecule has 7 atom stereocenters. The second-order valence-corrected chi connectivity index (χ2v) is 13.5. The van der Waals surface area contributed by atoms with E-state index in [0.717, 1.165) is 45.1 Å². The number of piperidine rings is 1. The minimum absolute atomic E-state index is 0.124. The van der Waals surface area contributed by atoms with Crippen LogP contribution < -0.4 is 32.4 Å². The third kappa shape index (κ3) is 7.31. The first kappa shape index (κ1) is 31.6. The number of carboxylic acids is 1. The number of fused-ring (bicyclic) bond motifs is 2. The summed E-state index contributed by atoms with van der Waals surface area (Å²) in [4.78, 5) is 54.8. The maximum atomic E-state index is 14.2. The summed E-state index contributed by atoms with van der Waals surface area (Å²) in [7, 11) is 0. The number of carbonyl (C=O) groups excluding carboxylic acids is 3. The third-order valence-electron chi connectivity index (χ3n) is 9.16. The quantitative estimate of drug-likeness (QED) is 0.224. The number of hydrogen-bond acceptors (Lipinski definition) is 10. The van der Waals surface area contributed by atoms with Crippen LogP contribution in [0.2, 0.25) is 0 Å². The summed E-state index contributed by atoms with van der Waals surface area (Å²) >= 11 is 0. The Hall–Kier alpha value is -2.78. The van der Waals surface area contributed by atoms with Gasteiger partial charge in [0, 0.05) is 24.5 Å². The predicted octanol–water partition coefficient (Wildman–Crippen LogP) is 0.627. The molecule has 3 saturated heterocycles. The number of ether oxygens (including phenoxy) is 1. The fourth-order valence-corrected chi connectivity index (χ4v) is 6.80. The van der Waals surface area contributed by atoms with E-state index >= 15 is 0 Å². The molecule has 1 aliphatic carbocycles. The highest BCUT2D eigenvalue weighted by Gasteiger charge is 2.61. The molecule has 0 spiro atoms. The summed E-state index contributed by atoms with van der Waals surface area (Å²) in [6.45, 7) is 6.43. The van der Waals surface area contributed by atoms with E-state index in [-0.39, 0.29) is 36.6 Å². The molecule has 0 aromatic carbocycles. The molecule has 1 saturated carbocycles. The number of carboxylic acid groups (broad SMARTS) is 1. The first-order valence-corrected chi connectivity index (χ1v) is 15.8. The van der Waals surface area contributed by atoms with Crippen LogP contribution in [-0.4, -0.2) is 93.5 Å². The molecule has 14 heteroatoms. The van der Waals surface area contributed by atoms with Crippen molar-refractivity contribution in [1.29, 1.82) is 0 Å². The van der Waals surface area contributed by atoms with Crippen LogP contribution in [0.4, 0.5) is 4.79 Å². The third-order valence-corrected chi connectivity index (χ3v) is 9.16. The molecule has 240 valence electrons. The van der Waals surface area contributed by atoms with Crippen molar-refractivity contribution in [3.8, 4) is 0 Å². The van der Waals surface area contributed by atoms with E-state index in [1.165, 1.54) is 4.90 Å². The van der Waals surface area contributed by atoms with E-state index in [9.17, 15) is 24.3 Å². The van der Waals surface area contributed by atoms with Crippen LogP contribution in [0.3, 0.4) is 0 Å². The van der Waals surface area contributed by atoms with Gasteiger partial charge in [-0.15, -0.1) is 0 Å². The number of nitrogens with zero attached hydrogens (tertiary/aromatic N) is 2. The SMILES string of the molecule is CC(C)(C)OC(=O)N[C@@H]1CCCCC/C=C\[C@@H]2C[C@]2(C(=O)O)NC(=O)[C@@H]2C[C@H](N3NNNC3C3CCCCN3)CN2C1=O. The van der Waals surface area contributed by atoms with Crippen molar-refractivity contribution in [2.24, 2.45) is 5.92 Å². The molecule has 7 N–H and O–H groups in total. The van der Waals surface area contributed by atoms with Crippen molar-refractivity contribution < 1.29 is 29.0 Å². The second kappa shape index (κ2) is 13.1. The lowest BCUT2D eigenvalue weighted by molar-refractivity contribution is -0.145. The van der Waals surface area contributed by atoms with Crippen LogP contribution in [0.15, 0.2) is 12.2 Å². The molecule has 0 radical (unpaired) electrons. The van der Waals surface area contributed by atoms with Crippen molar-refractivity contribution >= 4 is 23.9 Å². The van der Waals surface area contributed by atoms with E-state index in [2.05, 4.69) is 32.4 Å². The average Bonchev–Trinajstić information content (AvgIpc) is 3.27. The lowest BCUT2D eigenvalue weighted by Gasteiger charge is -2.35. The molecule has 0 aromatic rings. The number of aliphatic carboxylic acids is 1. The number of nitrogens with one attached hydrogen (secondary N) is 6. The average molecular weight is 605 g/mol. The molecule has 5 aliphatic rings. The number of amides is 3. The van der Waals surface area contributed by atoms with Crippen LogP contribution in [0.25, 0.3) is 0 Å². The van der Waals surface area contributed by atoms with Crippen molar-refractivity contribution in [3.05, 3.63) is 12.2 Å². The van der Waals surface area contributed by atoms with Crippen LogP contribution in [0.1, 0.15) is 85.0 Å². The Kier molecular flexibility index (Phi) is 9.61. The first-order chi connectivity index (χ1) is 20.5. The Morgan fingerprint density at radius 3 is 2.63 bits per heavy atom. The lowest BCUT2D eigenvalue weighted by atomic mass is 10.0. The lowest BCUT2D eigenvalue weighted by Crippen LogP contribution is -2.58. The molecule has 4 aliphatic heterocycles. The monoisotopic (exact) mass is 604 g/mol. The molecule has 4 fully saturated rings. The number of allylic oxidation sites excluding steroid dienone is 1. The fourth-order valence-electron chi connectivity index (χ4n) is 6.80. The summed E-state index contributed by atoms with van der Waals surface area (Å²) in [5, 5.41) is 21.3. The summed E-state index contributed by atoms with van der Waals surface area (Å²) in [5.41, 5.74) is 7.31. The molecule has 4 heterocycles. The largest absolute Gasteiger partial charge is 0.479 e. The zero-order chi connectivity index (χ0) is 30.8.